The van der Waals surface area contributed by atoms with E-state index in [0.717, 1.165) is 23.4 Å². The quantitative estimate of drug-likeness (QED) is 0.531. The summed E-state index contributed by atoms with van der Waals surface area (Å²) in [5.74, 6) is 1.05. The molecule has 0 fully saturated rings. The van der Waals surface area contributed by atoms with Gasteiger partial charge in [-0.25, -0.2) is 9.36 Å². The first-order chi connectivity index (χ1) is 13.6. The maximum absolute atomic E-state index is 12.5. The standard InChI is InChI=1S/C19H21N7O2/c1-4-15-13(18(28-3)25(2)24-15)10-20-19-22-16-14(17(27)23-19)11-21-26(16)12-8-6-5-7-9-12/h5-9,11H,4,10H2,1-3H3,(H2,20,22,23,27). The van der Waals surface area contributed by atoms with Crippen LogP contribution in [-0.2, 0) is 20.0 Å². The Balaban J connectivity index is 1.70. The molecule has 0 saturated carbocycles. The molecular formula is C19H21N7O2. The number of hydrogen-bond donors (Lipinski definition) is 2. The third-order valence-corrected chi connectivity index (χ3v) is 4.57. The Morgan fingerprint density at radius 2 is 2.04 bits per heavy atom. The molecule has 0 amide bonds. The number of benzene rings is 1. The molecule has 0 saturated heterocycles. The number of rotatable bonds is 6. The van der Waals surface area contributed by atoms with Crippen LogP contribution in [0, 0.1) is 0 Å². The summed E-state index contributed by atoms with van der Waals surface area (Å²) >= 11 is 0. The molecule has 144 valence electrons. The second kappa shape index (κ2) is 7.18. The molecule has 1 aromatic carbocycles. The molecule has 0 bridgehead atoms. The molecule has 0 aliphatic rings. The molecule has 4 rings (SSSR count). The second-order valence-corrected chi connectivity index (χ2v) is 6.31. The van der Waals surface area contributed by atoms with Crippen molar-refractivity contribution in [1.29, 1.82) is 0 Å². The van der Waals surface area contributed by atoms with E-state index in [9.17, 15) is 4.79 Å². The van der Waals surface area contributed by atoms with E-state index in [1.807, 2.05) is 44.3 Å². The van der Waals surface area contributed by atoms with Gasteiger partial charge in [-0.1, -0.05) is 25.1 Å². The van der Waals surface area contributed by atoms with E-state index in [1.165, 1.54) is 6.20 Å². The van der Waals surface area contributed by atoms with Crippen molar-refractivity contribution in [3.8, 4) is 11.6 Å². The number of aryl methyl sites for hydroxylation is 2. The largest absolute Gasteiger partial charge is 0.481 e. The lowest BCUT2D eigenvalue weighted by molar-refractivity contribution is 0.369. The van der Waals surface area contributed by atoms with Crippen molar-refractivity contribution in [2.45, 2.75) is 19.9 Å². The number of para-hydroxylation sites is 1. The number of aromatic amines is 1. The molecule has 9 nitrogen and oxygen atoms in total. The smallest absolute Gasteiger partial charge is 0.263 e. The van der Waals surface area contributed by atoms with Crippen molar-refractivity contribution in [2.24, 2.45) is 7.05 Å². The Bertz CT molecular complexity index is 1170. The van der Waals surface area contributed by atoms with Crippen LogP contribution in [-0.4, -0.2) is 36.6 Å². The van der Waals surface area contributed by atoms with Gasteiger partial charge in [0.2, 0.25) is 11.8 Å². The summed E-state index contributed by atoms with van der Waals surface area (Å²) in [6.07, 6.45) is 2.30. The molecule has 3 aromatic heterocycles. The maximum Gasteiger partial charge on any atom is 0.263 e. The topological polar surface area (TPSA) is 103 Å². The van der Waals surface area contributed by atoms with Crippen molar-refractivity contribution in [1.82, 2.24) is 29.5 Å². The Kier molecular flexibility index (Phi) is 4.56. The minimum atomic E-state index is -0.247. The van der Waals surface area contributed by atoms with Crippen LogP contribution in [0.3, 0.4) is 0 Å². The molecule has 0 unspecified atom stereocenters. The van der Waals surface area contributed by atoms with Crippen LogP contribution in [0.25, 0.3) is 16.7 Å². The van der Waals surface area contributed by atoms with Crippen molar-refractivity contribution in [3.63, 3.8) is 0 Å². The van der Waals surface area contributed by atoms with Crippen LogP contribution >= 0.6 is 0 Å². The summed E-state index contributed by atoms with van der Waals surface area (Å²) in [4.78, 5) is 19.8. The first kappa shape index (κ1) is 17.8. The molecule has 0 radical (unpaired) electrons. The molecular weight excluding hydrogens is 358 g/mol. The van der Waals surface area contributed by atoms with Crippen LogP contribution in [0.2, 0.25) is 0 Å². The van der Waals surface area contributed by atoms with E-state index in [-0.39, 0.29) is 5.56 Å². The minimum Gasteiger partial charge on any atom is -0.481 e. The third-order valence-electron chi connectivity index (χ3n) is 4.57. The Morgan fingerprint density at radius 3 is 2.75 bits per heavy atom. The van der Waals surface area contributed by atoms with Gasteiger partial charge in [-0.3, -0.25) is 9.78 Å². The van der Waals surface area contributed by atoms with Gasteiger partial charge >= 0.3 is 0 Å². The Morgan fingerprint density at radius 1 is 1.25 bits per heavy atom. The normalized spacial score (nSPS) is 11.1. The molecule has 0 atom stereocenters. The van der Waals surface area contributed by atoms with Gasteiger partial charge in [0.1, 0.15) is 5.39 Å². The summed E-state index contributed by atoms with van der Waals surface area (Å²) in [7, 11) is 3.45. The number of nitrogens with one attached hydrogen (secondary N) is 2. The highest BCUT2D eigenvalue weighted by molar-refractivity contribution is 5.76. The van der Waals surface area contributed by atoms with E-state index >= 15 is 0 Å². The summed E-state index contributed by atoms with van der Waals surface area (Å²) in [6.45, 7) is 2.46. The lowest BCUT2D eigenvalue weighted by Gasteiger charge is -2.08. The van der Waals surface area contributed by atoms with Crippen LogP contribution in [0.1, 0.15) is 18.2 Å². The number of nitrogens with zero attached hydrogens (tertiary/aromatic N) is 5. The molecule has 3 heterocycles. The molecule has 0 aliphatic heterocycles. The zero-order chi connectivity index (χ0) is 19.7. The average molecular weight is 379 g/mol. The van der Waals surface area contributed by atoms with Crippen molar-refractivity contribution in [3.05, 3.63) is 58.1 Å². The van der Waals surface area contributed by atoms with Crippen LogP contribution in [0.5, 0.6) is 5.88 Å². The van der Waals surface area contributed by atoms with Crippen LogP contribution < -0.4 is 15.6 Å². The molecule has 4 aromatic rings. The fraction of sp³-hybridized carbons (Fsp3) is 0.263. The van der Waals surface area contributed by atoms with Gasteiger partial charge in [-0.2, -0.15) is 15.2 Å². The van der Waals surface area contributed by atoms with Crippen molar-refractivity contribution in [2.75, 3.05) is 12.4 Å². The van der Waals surface area contributed by atoms with Gasteiger partial charge in [0, 0.05) is 7.05 Å². The predicted molar refractivity (Wildman–Crippen MR) is 106 cm³/mol. The van der Waals surface area contributed by atoms with E-state index < -0.39 is 0 Å². The van der Waals surface area contributed by atoms with Gasteiger partial charge < -0.3 is 10.1 Å². The average Bonchev–Trinajstić information content (AvgIpc) is 3.27. The van der Waals surface area contributed by atoms with Crippen molar-refractivity contribution < 1.29 is 4.74 Å². The van der Waals surface area contributed by atoms with Gasteiger partial charge in [0.05, 0.1) is 36.8 Å². The summed E-state index contributed by atoms with van der Waals surface area (Å²) in [5, 5.41) is 12.4. The molecule has 28 heavy (non-hydrogen) atoms. The lowest BCUT2D eigenvalue weighted by Crippen LogP contribution is -2.14. The van der Waals surface area contributed by atoms with Gasteiger partial charge in [-0.15, -0.1) is 0 Å². The number of anilines is 1. The highest BCUT2D eigenvalue weighted by Gasteiger charge is 2.17. The van der Waals surface area contributed by atoms with Gasteiger partial charge in [-0.05, 0) is 18.6 Å². The van der Waals surface area contributed by atoms with Gasteiger partial charge in [0.25, 0.3) is 5.56 Å². The van der Waals surface area contributed by atoms with Gasteiger partial charge in [0.15, 0.2) is 5.65 Å². The maximum atomic E-state index is 12.5. The lowest BCUT2D eigenvalue weighted by atomic mass is 10.2. The van der Waals surface area contributed by atoms with E-state index in [0.29, 0.717) is 29.4 Å². The van der Waals surface area contributed by atoms with E-state index in [2.05, 4.69) is 25.5 Å². The fourth-order valence-electron chi connectivity index (χ4n) is 3.26. The number of methoxy groups -OCH3 is 1. The second-order valence-electron chi connectivity index (χ2n) is 6.31. The summed E-state index contributed by atoms with van der Waals surface area (Å²) in [5.41, 5.74) is 2.95. The Hall–Kier alpha value is -3.62. The molecule has 9 heteroatoms. The molecule has 2 N–H and O–H groups in total. The van der Waals surface area contributed by atoms with E-state index in [4.69, 9.17) is 4.74 Å². The molecule has 0 spiro atoms. The fourth-order valence-corrected chi connectivity index (χ4v) is 3.26. The molecule has 0 aliphatic carbocycles. The highest BCUT2D eigenvalue weighted by atomic mass is 16.5. The monoisotopic (exact) mass is 379 g/mol. The van der Waals surface area contributed by atoms with Crippen LogP contribution in [0.15, 0.2) is 41.3 Å². The first-order valence-corrected chi connectivity index (χ1v) is 8.98. The zero-order valence-corrected chi connectivity index (χ0v) is 15.9. The van der Waals surface area contributed by atoms with Crippen molar-refractivity contribution >= 4 is 17.0 Å². The number of aromatic nitrogens is 6. The summed E-state index contributed by atoms with van der Waals surface area (Å²) in [6, 6.07) is 9.58. The number of fused-ring (bicyclic) bond motifs is 1. The number of hydrogen-bond acceptors (Lipinski definition) is 6. The zero-order valence-electron chi connectivity index (χ0n) is 15.9. The minimum absolute atomic E-state index is 0.247. The first-order valence-electron chi connectivity index (χ1n) is 8.98. The third kappa shape index (κ3) is 3.00. The number of H-pyrrole nitrogens is 1. The van der Waals surface area contributed by atoms with Crippen LogP contribution in [0.4, 0.5) is 5.95 Å². The van der Waals surface area contributed by atoms with E-state index in [1.54, 1.807) is 16.5 Å². The highest BCUT2D eigenvalue weighted by Crippen LogP contribution is 2.23. The summed E-state index contributed by atoms with van der Waals surface area (Å²) < 4.78 is 8.82. The number of ether oxygens (including phenoxy) is 1. The predicted octanol–water partition coefficient (Wildman–Crippen LogP) is 2.03. The Labute approximate surface area is 161 Å². The SMILES string of the molecule is CCc1nn(C)c(OC)c1CNc1nc2c(cnn2-c2ccccc2)c(=O)[nH]1.